The Kier molecular flexibility index (Phi) is 3.43. The maximum absolute atomic E-state index is 13.5. The summed E-state index contributed by atoms with van der Waals surface area (Å²) in [6.07, 6.45) is 1.47. The molecule has 0 saturated carbocycles. The monoisotopic (exact) mass is 265 g/mol. The van der Waals surface area contributed by atoms with Crippen molar-refractivity contribution in [2.24, 2.45) is 5.73 Å². The molecule has 1 aromatic carbocycles. The zero-order valence-corrected chi connectivity index (χ0v) is 9.91. The van der Waals surface area contributed by atoms with Crippen molar-refractivity contribution in [3.8, 4) is 0 Å². The minimum atomic E-state index is -0.645. The number of rotatable bonds is 3. The number of hydrogen-bond donors (Lipinski definition) is 2. The summed E-state index contributed by atoms with van der Waals surface area (Å²) in [6, 6.07) is 7.11. The third-order valence-corrected chi connectivity index (χ3v) is 2.49. The molecule has 1 aromatic heterocycles. The summed E-state index contributed by atoms with van der Waals surface area (Å²) in [5, 5.41) is 3.06. The lowest BCUT2D eigenvalue weighted by molar-refractivity contribution is 0.100. The topological polar surface area (TPSA) is 68.0 Å². The largest absolute Gasteiger partial charge is 0.365 e. The zero-order chi connectivity index (χ0) is 13.1. The highest BCUT2D eigenvalue weighted by atomic mass is 35.5. The van der Waals surface area contributed by atoms with Crippen molar-refractivity contribution in [1.29, 1.82) is 0 Å². The Hall–Kier alpha value is -2.14. The fourth-order valence-electron chi connectivity index (χ4n) is 1.42. The Morgan fingerprint density at radius 2 is 2.17 bits per heavy atom. The van der Waals surface area contributed by atoms with Crippen LogP contribution in [0.4, 0.5) is 15.9 Å². The van der Waals surface area contributed by atoms with Crippen LogP contribution < -0.4 is 11.1 Å². The number of aromatic nitrogens is 1. The number of nitrogens with one attached hydrogen (secondary N) is 1. The van der Waals surface area contributed by atoms with Gasteiger partial charge in [-0.25, -0.2) is 9.37 Å². The van der Waals surface area contributed by atoms with Gasteiger partial charge in [-0.15, -0.1) is 0 Å². The zero-order valence-electron chi connectivity index (χ0n) is 9.15. The van der Waals surface area contributed by atoms with E-state index in [1.165, 1.54) is 30.5 Å². The number of primary amides is 1. The van der Waals surface area contributed by atoms with Crippen LogP contribution in [0.3, 0.4) is 0 Å². The van der Waals surface area contributed by atoms with E-state index in [4.69, 9.17) is 17.3 Å². The molecule has 4 nitrogen and oxygen atoms in total. The van der Waals surface area contributed by atoms with Crippen molar-refractivity contribution < 1.29 is 9.18 Å². The lowest BCUT2D eigenvalue weighted by atomic mass is 10.2. The molecule has 0 aliphatic rings. The van der Waals surface area contributed by atoms with E-state index in [-0.39, 0.29) is 17.1 Å². The molecule has 1 heterocycles. The number of nitrogens with zero attached hydrogens (tertiary/aromatic N) is 1. The minimum Gasteiger partial charge on any atom is -0.365 e. The van der Waals surface area contributed by atoms with E-state index in [9.17, 15) is 9.18 Å². The molecule has 1 amide bonds. The van der Waals surface area contributed by atoms with Crippen molar-refractivity contribution in [2.75, 3.05) is 5.32 Å². The molecule has 0 spiro atoms. The summed E-state index contributed by atoms with van der Waals surface area (Å²) >= 11 is 5.77. The lowest BCUT2D eigenvalue weighted by Gasteiger charge is -2.09. The van der Waals surface area contributed by atoms with Crippen molar-refractivity contribution in [3.63, 3.8) is 0 Å². The highest BCUT2D eigenvalue weighted by Crippen LogP contribution is 2.24. The van der Waals surface area contributed by atoms with E-state index in [2.05, 4.69) is 10.3 Å². The van der Waals surface area contributed by atoms with E-state index >= 15 is 0 Å². The van der Waals surface area contributed by atoms with Gasteiger partial charge in [0.15, 0.2) is 0 Å². The Balaban J connectivity index is 2.40. The molecule has 0 radical (unpaired) electrons. The number of pyridine rings is 1. The van der Waals surface area contributed by atoms with E-state index < -0.39 is 11.7 Å². The molecular formula is C12H9ClFN3O. The van der Waals surface area contributed by atoms with Gasteiger partial charge >= 0.3 is 0 Å². The van der Waals surface area contributed by atoms with E-state index in [0.717, 1.165) is 0 Å². The van der Waals surface area contributed by atoms with Crippen LogP contribution in [0.15, 0.2) is 36.5 Å². The molecule has 3 N–H and O–H groups in total. The van der Waals surface area contributed by atoms with Crippen LogP contribution in [0, 0.1) is 5.82 Å². The summed E-state index contributed by atoms with van der Waals surface area (Å²) < 4.78 is 13.5. The lowest BCUT2D eigenvalue weighted by Crippen LogP contribution is -2.14. The van der Waals surface area contributed by atoms with Crippen molar-refractivity contribution in [2.45, 2.75) is 0 Å². The summed E-state index contributed by atoms with van der Waals surface area (Å²) in [7, 11) is 0. The predicted octanol–water partition coefficient (Wildman–Crippen LogP) is 2.72. The standard InChI is InChI=1S/C12H9ClFN3O/c13-7-3-4-9(14)10(6-7)17-12-8(11(15)18)2-1-5-16-12/h1-6H,(H2,15,18)(H,16,17). The van der Waals surface area contributed by atoms with Gasteiger partial charge in [-0.05, 0) is 30.3 Å². The van der Waals surface area contributed by atoms with Gasteiger partial charge in [0.2, 0.25) is 0 Å². The van der Waals surface area contributed by atoms with Gasteiger partial charge in [0.1, 0.15) is 11.6 Å². The number of hydrogen-bond acceptors (Lipinski definition) is 3. The second-order valence-electron chi connectivity index (χ2n) is 3.51. The van der Waals surface area contributed by atoms with Crippen LogP contribution in [0.1, 0.15) is 10.4 Å². The Morgan fingerprint density at radius 1 is 1.39 bits per heavy atom. The van der Waals surface area contributed by atoms with E-state index in [1.807, 2.05) is 0 Å². The third kappa shape index (κ3) is 2.57. The second-order valence-corrected chi connectivity index (χ2v) is 3.95. The first-order chi connectivity index (χ1) is 8.58. The highest BCUT2D eigenvalue weighted by Gasteiger charge is 2.11. The number of benzene rings is 1. The van der Waals surface area contributed by atoms with Crippen LogP contribution in [-0.2, 0) is 0 Å². The molecule has 0 atom stereocenters. The fourth-order valence-corrected chi connectivity index (χ4v) is 1.60. The van der Waals surface area contributed by atoms with Gasteiger partial charge < -0.3 is 11.1 Å². The van der Waals surface area contributed by atoms with E-state index in [0.29, 0.717) is 5.02 Å². The predicted molar refractivity (Wildman–Crippen MR) is 67.4 cm³/mol. The first-order valence-corrected chi connectivity index (χ1v) is 5.42. The third-order valence-electron chi connectivity index (χ3n) is 2.25. The van der Waals surface area contributed by atoms with E-state index in [1.54, 1.807) is 6.07 Å². The minimum absolute atomic E-state index is 0.128. The van der Waals surface area contributed by atoms with Gasteiger partial charge in [-0.3, -0.25) is 4.79 Å². The number of nitrogens with two attached hydrogens (primary N) is 1. The van der Waals surface area contributed by atoms with Crippen molar-refractivity contribution in [1.82, 2.24) is 4.98 Å². The second kappa shape index (κ2) is 5.01. The quantitative estimate of drug-likeness (QED) is 0.897. The number of carbonyl (C=O) groups excluding carboxylic acids is 1. The number of halogens is 2. The average molecular weight is 266 g/mol. The van der Waals surface area contributed by atoms with Crippen molar-refractivity contribution >= 4 is 29.0 Å². The summed E-state index contributed by atoms with van der Waals surface area (Å²) in [6.45, 7) is 0. The van der Waals surface area contributed by atoms with Crippen LogP contribution in [0.5, 0.6) is 0 Å². The molecule has 0 aliphatic heterocycles. The molecule has 6 heteroatoms. The average Bonchev–Trinajstić information content (AvgIpc) is 2.34. The van der Waals surface area contributed by atoms with Gasteiger partial charge in [-0.1, -0.05) is 11.6 Å². The first-order valence-electron chi connectivity index (χ1n) is 5.05. The van der Waals surface area contributed by atoms with Crippen LogP contribution in [0.25, 0.3) is 0 Å². The SMILES string of the molecule is NC(=O)c1cccnc1Nc1cc(Cl)ccc1F. The first kappa shape index (κ1) is 12.3. The Morgan fingerprint density at radius 3 is 2.89 bits per heavy atom. The molecule has 92 valence electrons. The molecule has 0 bridgehead atoms. The Labute approximate surface area is 108 Å². The summed E-state index contributed by atoms with van der Waals surface area (Å²) in [5.41, 5.74) is 5.50. The van der Waals surface area contributed by atoms with Gasteiger partial charge in [0.05, 0.1) is 11.3 Å². The number of amides is 1. The fraction of sp³-hybridized carbons (Fsp3) is 0. The molecule has 2 aromatic rings. The number of anilines is 2. The van der Waals surface area contributed by atoms with Gasteiger partial charge in [0, 0.05) is 11.2 Å². The van der Waals surface area contributed by atoms with Gasteiger partial charge in [0.25, 0.3) is 5.91 Å². The Bertz CT molecular complexity index is 604. The van der Waals surface area contributed by atoms with Crippen LogP contribution >= 0.6 is 11.6 Å². The molecular weight excluding hydrogens is 257 g/mol. The highest BCUT2D eigenvalue weighted by molar-refractivity contribution is 6.30. The normalized spacial score (nSPS) is 10.1. The molecule has 0 saturated heterocycles. The molecule has 18 heavy (non-hydrogen) atoms. The van der Waals surface area contributed by atoms with Crippen molar-refractivity contribution in [3.05, 3.63) is 52.9 Å². The maximum atomic E-state index is 13.5. The molecule has 0 aliphatic carbocycles. The van der Waals surface area contributed by atoms with Crippen LogP contribution in [-0.4, -0.2) is 10.9 Å². The summed E-state index contributed by atoms with van der Waals surface area (Å²) in [5.74, 6) is -0.959. The number of carbonyl (C=O) groups is 1. The summed E-state index contributed by atoms with van der Waals surface area (Å²) in [4.78, 5) is 15.1. The molecule has 2 rings (SSSR count). The van der Waals surface area contributed by atoms with Gasteiger partial charge in [-0.2, -0.15) is 0 Å². The van der Waals surface area contributed by atoms with Crippen LogP contribution in [0.2, 0.25) is 5.02 Å². The molecule has 0 fully saturated rings. The maximum Gasteiger partial charge on any atom is 0.252 e. The molecule has 0 unspecified atom stereocenters. The smallest absolute Gasteiger partial charge is 0.252 e.